The molecule has 0 aliphatic rings. The van der Waals surface area contributed by atoms with E-state index in [4.69, 9.17) is 23.2 Å². The largest absolute Gasteiger partial charge is 0.355 e. The maximum Gasteiger partial charge on any atom is 0.234 e. The highest BCUT2D eigenvalue weighted by atomic mass is 35.5. The Hall–Kier alpha value is -0.250. The standard InChI is InChI=1S/C10H13Cl2NOS/c11-5-8(7-13-10(14)6-12)4-9-2-1-3-15-9/h1-3,8H,4-7H2,(H,13,14). The Labute approximate surface area is 104 Å². The van der Waals surface area contributed by atoms with Crippen molar-refractivity contribution >= 4 is 40.4 Å². The summed E-state index contributed by atoms with van der Waals surface area (Å²) >= 11 is 12.9. The summed E-state index contributed by atoms with van der Waals surface area (Å²) in [6, 6.07) is 4.09. The minimum atomic E-state index is -0.141. The van der Waals surface area contributed by atoms with Gasteiger partial charge in [0.1, 0.15) is 5.88 Å². The highest BCUT2D eigenvalue weighted by molar-refractivity contribution is 7.09. The van der Waals surface area contributed by atoms with Crippen molar-refractivity contribution in [3.63, 3.8) is 0 Å². The molecule has 0 saturated heterocycles. The van der Waals surface area contributed by atoms with E-state index in [1.165, 1.54) is 4.88 Å². The first-order valence-electron chi connectivity index (χ1n) is 4.67. The summed E-state index contributed by atoms with van der Waals surface area (Å²) in [5.74, 6) is 0.685. The van der Waals surface area contributed by atoms with Gasteiger partial charge in [0, 0.05) is 17.3 Å². The van der Waals surface area contributed by atoms with Crippen LogP contribution in [0.4, 0.5) is 0 Å². The second kappa shape index (κ2) is 7.09. The van der Waals surface area contributed by atoms with E-state index in [-0.39, 0.29) is 17.7 Å². The summed E-state index contributed by atoms with van der Waals surface area (Å²) < 4.78 is 0. The SMILES string of the molecule is O=C(CCl)NCC(CCl)Cc1cccs1. The molecule has 0 saturated carbocycles. The summed E-state index contributed by atoms with van der Waals surface area (Å²) in [5, 5.41) is 4.78. The Balaban J connectivity index is 2.33. The number of thiophene rings is 1. The molecule has 2 nitrogen and oxygen atoms in total. The maximum atomic E-state index is 11.0. The van der Waals surface area contributed by atoms with Crippen LogP contribution in [0.5, 0.6) is 0 Å². The van der Waals surface area contributed by atoms with Gasteiger partial charge in [-0.05, 0) is 23.8 Å². The Kier molecular flexibility index (Phi) is 6.06. The lowest BCUT2D eigenvalue weighted by atomic mass is 10.1. The van der Waals surface area contributed by atoms with Crippen LogP contribution >= 0.6 is 34.5 Å². The first-order chi connectivity index (χ1) is 7.26. The molecule has 1 N–H and O–H groups in total. The lowest BCUT2D eigenvalue weighted by Crippen LogP contribution is -2.31. The van der Waals surface area contributed by atoms with Gasteiger partial charge in [-0.3, -0.25) is 4.79 Å². The fourth-order valence-corrected chi connectivity index (χ4v) is 2.33. The summed E-state index contributed by atoms with van der Waals surface area (Å²) in [7, 11) is 0. The molecule has 0 spiro atoms. The van der Waals surface area contributed by atoms with E-state index >= 15 is 0 Å². The van der Waals surface area contributed by atoms with Gasteiger partial charge in [-0.2, -0.15) is 0 Å². The molecule has 1 heterocycles. The van der Waals surface area contributed by atoms with Crippen LogP contribution in [-0.4, -0.2) is 24.2 Å². The third-order valence-corrected chi connectivity index (χ3v) is 3.58. The normalized spacial score (nSPS) is 12.4. The number of hydrogen-bond donors (Lipinski definition) is 1. The predicted octanol–water partition coefficient (Wildman–Crippen LogP) is 2.50. The predicted molar refractivity (Wildman–Crippen MR) is 66.0 cm³/mol. The highest BCUT2D eigenvalue weighted by Crippen LogP contribution is 2.15. The van der Waals surface area contributed by atoms with Crippen LogP contribution in [-0.2, 0) is 11.2 Å². The second-order valence-corrected chi connectivity index (χ2v) is 4.85. The van der Waals surface area contributed by atoms with E-state index in [0.717, 1.165) is 6.42 Å². The lowest BCUT2D eigenvalue weighted by molar-refractivity contribution is -0.118. The summed E-state index contributed by atoms with van der Waals surface area (Å²) in [6.45, 7) is 0.590. The van der Waals surface area contributed by atoms with Crippen LogP contribution in [0.1, 0.15) is 4.88 Å². The molecule has 84 valence electrons. The first kappa shape index (κ1) is 12.8. The van der Waals surface area contributed by atoms with Crippen molar-refractivity contribution < 1.29 is 4.79 Å². The van der Waals surface area contributed by atoms with Crippen molar-refractivity contribution in [3.8, 4) is 0 Å². The van der Waals surface area contributed by atoms with Gasteiger partial charge in [-0.25, -0.2) is 0 Å². The summed E-state index contributed by atoms with van der Waals surface area (Å²) in [6.07, 6.45) is 0.906. The van der Waals surface area contributed by atoms with Crippen molar-refractivity contribution in [1.29, 1.82) is 0 Å². The number of carbonyl (C=O) groups excluding carboxylic acids is 1. The molecule has 1 atom stereocenters. The smallest absolute Gasteiger partial charge is 0.234 e. The molecule has 0 aromatic carbocycles. The van der Waals surface area contributed by atoms with E-state index in [1.54, 1.807) is 11.3 Å². The van der Waals surface area contributed by atoms with Crippen molar-refractivity contribution in [1.82, 2.24) is 5.32 Å². The van der Waals surface area contributed by atoms with Crippen molar-refractivity contribution in [2.45, 2.75) is 6.42 Å². The van der Waals surface area contributed by atoms with Crippen LogP contribution in [0.25, 0.3) is 0 Å². The number of hydrogen-bond acceptors (Lipinski definition) is 2. The fourth-order valence-electron chi connectivity index (χ4n) is 1.20. The van der Waals surface area contributed by atoms with Crippen LogP contribution in [0.15, 0.2) is 17.5 Å². The molecule has 15 heavy (non-hydrogen) atoms. The van der Waals surface area contributed by atoms with E-state index in [2.05, 4.69) is 11.4 Å². The molecule has 0 aliphatic heterocycles. The van der Waals surface area contributed by atoms with E-state index in [0.29, 0.717) is 12.4 Å². The molecule has 0 radical (unpaired) electrons. The molecule has 0 bridgehead atoms. The zero-order valence-corrected chi connectivity index (χ0v) is 10.5. The molecular formula is C10H13Cl2NOS. The lowest BCUT2D eigenvalue weighted by Gasteiger charge is -2.13. The van der Waals surface area contributed by atoms with Gasteiger partial charge in [-0.15, -0.1) is 34.5 Å². The molecular weight excluding hydrogens is 253 g/mol. The minimum absolute atomic E-state index is 0.00794. The van der Waals surface area contributed by atoms with Gasteiger partial charge >= 0.3 is 0 Å². The maximum absolute atomic E-state index is 11.0. The summed E-state index contributed by atoms with van der Waals surface area (Å²) in [5.41, 5.74) is 0. The number of carbonyl (C=O) groups is 1. The monoisotopic (exact) mass is 265 g/mol. The fraction of sp³-hybridized carbons (Fsp3) is 0.500. The number of rotatable bonds is 6. The molecule has 5 heteroatoms. The third-order valence-electron chi connectivity index (χ3n) is 2.00. The van der Waals surface area contributed by atoms with Gasteiger partial charge in [0.25, 0.3) is 0 Å². The molecule has 1 amide bonds. The number of nitrogens with one attached hydrogen (secondary N) is 1. The molecule has 1 aromatic rings. The van der Waals surface area contributed by atoms with Gasteiger partial charge in [0.15, 0.2) is 0 Å². The average Bonchev–Trinajstić information content (AvgIpc) is 2.76. The van der Waals surface area contributed by atoms with E-state index in [9.17, 15) is 4.79 Å². The third kappa shape index (κ3) is 4.87. The van der Waals surface area contributed by atoms with Gasteiger partial charge in [-0.1, -0.05) is 6.07 Å². The van der Waals surface area contributed by atoms with Crippen molar-refractivity contribution in [2.24, 2.45) is 5.92 Å². The molecule has 1 aromatic heterocycles. The number of amides is 1. The Morgan fingerprint density at radius 3 is 2.87 bits per heavy atom. The molecule has 1 rings (SSSR count). The van der Waals surface area contributed by atoms with Gasteiger partial charge in [0.05, 0.1) is 0 Å². The second-order valence-electron chi connectivity index (χ2n) is 3.24. The Bertz CT molecular complexity index is 290. The van der Waals surface area contributed by atoms with E-state index in [1.807, 2.05) is 11.4 Å². The highest BCUT2D eigenvalue weighted by Gasteiger charge is 2.10. The first-order valence-corrected chi connectivity index (χ1v) is 6.62. The topological polar surface area (TPSA) is 29.1 Å². The Morgan fingerprint density at radius 2 is 2.33 bits per heavy atom. The number of halogens is 2. The molecule has 0 aliphatic carbocycles. The average molecular weight is 266 g/mol. The van der Waals surface area contributed by atoms with Gasteiger partial charge in [0.2, 0.25) is 5.91 Å². The zero-order chi connectivity index (χ0) is 11.1. The van der Waals surface area contributed by atoms with Crippen LogP contribution in [0.3, 0.4) is 0 Å². The van der Waals surface area contributed by atoms with Gasteiger partial charge < -0.3 is 5.32 Å². The van der Waals surface area contributed by atoms with Crippen LogP contribution < -0.4 is 5.32 Å². The van der Waals surface area contributed by atoms with Crippen LogP contribution in [0.2, 0.25) is 0 Å². The zero-order valence-electron chi connectivity index (χ0n) is 8.21. The van der Waals surface area contributed by atoms with Crippen LogP contribution in [0, 0.1) is 5.92 Å². The molecule has 1 unspecified atom stereocenters. The molecule has 0 fully saturated rings. The quantitative estimate of drug-likeness (QED) is 0.787. The van der Waals surface area contributed by atoms with Crippen molar-refractivity contribution in [2.75, 3.05) is 18.3 Å². The summed E-state index contributed by atoms with van der Waals surface area (Å²) in [4.78, 5) is 12.2. The van der Waals surface area contributed by atoms with Crippen molar-refractivity contribution in [3.05, 3.63) is 22.4 Å². The van der Waals surface area contributed by atoms with E-state index < -0.39 is 0 Å². The number of alkyl halides is 2. The Morgan fingerprint density at radius 1 is 1.53 bits per heavy atom. The minimum Gasteiger partial charge on any atom is -0.355 e.